The van der Waals surface area contributed by atoms with Crippen LogP contribution in [-0.2, 0) is 11.0 Å². The predicted molar refractivity (Wildman–Crippen MR) is 71.5 cm³/mol. The van der Waals surface area contributed by atoms with E-state index in [9.17, 15) is 23.1 Å². The number of aliphatic carboxylic acids is 1. The van der Waals surface area contributed by atoms with Crippen LogP contribution in [0.4, 0.5) is 18.9 Å². The zero-order valence-electron chi connectivity index (χ0n) is 10.6. The molecule has 0 aromatic heterocycles. The predicted octanol–water partition coefficient (Wildman–Crippen LogP) is 3.90. The lowest BCUT2D eigenvalue weighted by Gasteiger charge is -2.36. The van der Waals surface area contributed by atoms with Crippen LogP contribution in [0.15, 0.2) is 24.3 Å². The second-order valence-corrected chi connectivity index (χ2v) is 5.60. The minimum Gasteiger partial charge on any atom is -0.480 e. The third-order valence-corrected chi connectivity index (χ3v) is 4.37. The summed E-state index contributed by atoms with van der Waals surface area (Å²) in [6.07, 6.45) is -0.536. The van der Waals surface area contributed by atoms with Gasteiger partial charge in [0.1, 0.15) is 6.04 Å². The second-order valence-electron chi connectivity index (χ2n) is 5.20. The maximum Gasteiger partial charge on any atom is 0.418 e. The van der Waals surface area contributed by atoms with Crippen LogP contribution in [0.1, 0.15) is 23.5 Å². The Morgan fingerprint density at radius 2 is 2.10 bits per heavy atom. The van der Waals surface area contributed by atoms with Gasteiger partial charge < -0.3 is 10.4 Å². The number of nitrogens with one attached hydrogen (secondary N) is 1. The Morgan fingerprint density at radius 1 is 1.38 bits per heavy atom. The molecule has 0 radical (unpaired) electrons. The fourth-order valence-electron chi connectivity index (χ4n) is 3.14. The summed E-state index contributed by atoms with van der Waals surface area (Å²) in [5.74, 6) is -1.89. The summed E-state index contributed by atoms with van der Waals surface area (Å²) >= 11 is 6.07. The van der Waals surface area contributed by atoms with Crippen molar-refractivity contribution in [1.29, 1.82) is 0 Å². The van der Waals surface area contributed by atoms with Crippen LogP contribution < -0.4 is 5.32 Å². The van der Waals surface area contributed by atoms with E-state index in [0.29, 0.717) is 12.0 Å². The normalized spacial score (nSPS) is 27.0. The van der Waals surface area contributed by atoms with E-state index in [4.69, 9.17) is 11.6 Å². The van der Waals surface area contributed by atoms with E-state index in [0.717, 1.165) is 6.07 Å². The molecular formula is C14H11ClF3NO2. The van der Waals surface area contributed by atoms with Crippen molar-refractivity contribution in [2.75, 3.05) is 5.32 Å². The van der Waals surface area contributed by atoms with E-state index in [-0.39, 0.29) is 16.6 Å². The Hall–Kier alpha value is -1.69. The van der Waals surface area contributed by atoms with Crippen LogP contribution in [-0.4, -0.2) is 17.1 Å². The average molecular weight is 318 g/mol. The van der Waals surface area contributed by atoms with E-state index in [1.54, 1.807) is 12.2 Å². The van der Waals surface area contributed by atoms with Crippen LogP contribution in [0, 0.1) is 5.92 Å². The number of carbonyl (C=O) groups is 1. The molecule has 3 atom stereocenters. The molecule has 0 bridgehead atoms. The maximum absolute atomic E-state index is 13.1. The fourth-order valence-corrected chi connectivity index (χ4v) is 3.43. The van der Waals surface area contributed by atoms with Crippen molar-refractivity contribution in [2.45, 2.75) is 24.6 Å². The highest BCUT2D eigenvalue weighted by molar-refractivity contribution is 6.32. The summed E-state index contributed by atoms with van der Waals surface area (Å²) in [5, 5.41) is 12.0. The summed E-state index contributed by atoms with van der Waals surface area (Å²) in [5.41, 5.74) is -0.759. The molecule has 0 amide bonds. The van der Waals surface area contributed by atoms with Gasteiger partial charge in [0.05, 0.1) is 11.3 Å². The van der Waals surface area contributed by atoms with Gasteiger partial charge >= 0.3 is 12.1 Å². The molecule has 2 N–H and O–H groups in total. The Labute approximate surface area is 123 Å². The van der Waals surface area contributed by atoms with Crippen LogP contribution in [0.5, 0.6) is 0 Å². The van der Waals surface area contributed by atoms with Gasteiger partial charge in [0.15, 0.2) is 0 Å². The van der Waals surface area contributed by atoms with Gasteiger partial charge in [0.25, 0.3) is 0 Å². The van der Waals surface area contributed by atoms with E-state index in [2.05, 4.69) is 5.32 Å². The second kappa shape index (κ2) is 4.66. The number of carboxylic acid groups (broad SMARTS) is 1. The highest BCUT2D eigenvalue weighted by Gasteiger charge is 2.45. The lowest BCUT2D eigenvalue weighted by atomic mass is 9.78. The topological polar surface area (TPSA) is 49.3 Å². The number of alkyl halides is 3. The first kappa shape index (κ1) is 14.3. The van der Waals surface area contributed by atoms with Gasteiger partial charge in [-0.15, -0.1) is 0 Å². The van der Waals surface area contributed by atoms with Crippen molar-refractivity contribution in [1.82, 2.24) is 0 Å². The molecule has 2 aliphatic rings. The van der Waals surface area contributed by atoms with Crippen molar-refractivity contribution < 1.29 is 23.1 Å². The Balaban J connectivity index is 2.22. The number of carboxylic acids is 1. The Morgan fingerprint density at radius 3 is 2.71 bits per heavy atom. The van der Waals surface area contributed by atoms with E-state index < -0.39 is 29.7 Å². The number of allylic oxidation sites excluding steroid dienone is 2. The first-order chi connectivity index (χ1) is 9.80. The molecule has 21 heavy (non-hydrogen) atoms. The van der Waals surface area contributed by atoms with Gasteiger partial charge in [-0.3, -0.25) is 0 Å². The molecule has 1 aromatic carbocycles. The molecule has 1 aromatic rings. The summed E-state index contributed by atoms with van der Waals surface area (Å²) < 4.78 is 39.4. The molecule has 0 fully saturated rings. The van der Waals surface area contributed by atoms with Crippen molar-refractivity contribution >= 4 is 23.3 Å². The van der Waals surface area contributed by atoms with Crippen LogP contribution >= 0.6 is 11.6 Å². The van der Waals surface area contributed by atoms with Crippen molar-refractivity contribution in [3.8, 4) is 0 Å². The maximum atomic E-state index is 13.1. The number of anilines is 1. The zero-order chi connectivity index (χ0) is 15.4. The number of halogens is 4. The lowest BCUT2D eigenvalue weighted by Crippen LogP contribution is -2.42. The highest BCUT2D eigenvalue weighted by atomic mass is 35.5. The quantitative estimate of drug-likeness (QED) is 0.772. The number of benzene rings is 1. The summed E-state index contributed by atoms with van der Waals surface area (Å²) in [4.78, 5) is 11.3. The molecule has 0 spiro atoms. The molecule has 0 saturated heterocycles. The standard InChI is InChI=1S/C14H11ClF3NO2/c15-9-5-4-8(14(16,17)18)12-10(9)6-2-1-3-7(6)11(19-12)13(20)21/h1-2,4-7,11,19H,3H2,(H,20,21)/t6-,7-,11-/m1/s1. The van der Waals surface area contributed by atoms with Gasteiger partial charge in [0.2, 0.25) is 0 Å². The Bertz CT molecular complexity index is 642. The van der Waals surface area contributed by atoms with Gasteiger partial charge in [-0.1, -0.05) is 23.8 Å². The largest absolute Gasteiger partial charge is 0.480 e. The van der Waals surface area contributed by atoms with E-state index in [1.165, 1.54) is 6.07 Å². The first-order valence-corrected chi connectivity index (χ1v) is 6.74. The zero-order valence-corrected chi connectivity index (χ0v) is 11.4. The number of rotatable bonds is 1. The smallest absolute Gasteiger partial charge is 0.418 e. The molecule has 7 heteroatoms. The molecular weight excluding hydrogens is 307 g/mol. The first-order valence-electron chi connectivity index (χ1n) is 6.36. The van der Waals surface area contributed by atoms with E-state index >= 15 is 0 Å². The molecule has 3 rings (SSSR count). The van der Waals surface area contributed by atoms with Crippen molar-refractivity contribution in [3.05, 3.63) is 40.4 Å². The van der Waals surface area contributed by atoms with Crippen LogP contribution in [0.25, 0.3) is 0 Å². The lowest BCUT2D eigenvalue weighted by molar-refractivity contribution is -0.140. The minimum absolute atomic E-state index is 0.213. The summed E-state index contributed by atoms with van der Waals surface area (Å²) in [6, 6.07) is 1.04. The van der Waals surface area contributed by atoms with Gasteiger partial charge in [0, 0.05) is 22.4 Å². The monoisotopic (exact) mass is 317 g/mol. The Kier molecular flexibility index (Phi) is 3.16. The third-order valence-electron chi connectivity index (χ3n) is 4.04. The van der Waals surface area contributed by atoms with E-state index in [1.807, 2.05) is 0 Å². The molecule has 0 unspecified atom stereocenters. The molecule has 1 aliphatic heterocycles. The molecule has 112 valence electrons. The molecule has 1 aliphatic carbocycles. The van der Waals surface area contributed by atoms with Crippen LogP contribution in [0.2, 0.25) is 5.02 Å². The molecule has 0 saturated carbocycles. The van der Waals surface area contributed by atoms with Crippen molar-refractivity contribution in [3.63, 3.8) is 0 Å². The molecule has 3 nitrogen and oxygen atoms in total. The minimum atomic E-state index is -4.57. The number of fused-ring (bicyclic) bond motifs is 3. The third kappa shape index (κ3) is 2.18. The SMILES string of the molecule is O=C(O)[C@@H]1Nc2c(C(F)(F)F)ccc(Cl)c2[C@@H]2C=CC[C@@H]12. The molecule has 1 heterocycles. The number of hydrogen-bond donors (Lipinski definition) is 2. The number of hydrogen-bond acceptors (Lipinski definition) is 2. The van der Waals surface area contributed by atoms with Gasteiger partial charge in [-0.05, 0) is 18.6 Å². The summed E-state index contributed by atoms with van der Waals surface area (Å²) in [6.45, 7) is 0. The van der Waals surface area contributed by atoms with Gasteiger partial charge in [-0.25, -0.2) is 4.79 Å². The highest BCUT2D eigenvalue weighted by Crippen LogP contribution is 2.51. The van der Waals surface area contributed by atoms with Crippen molar-refractivity contribution in [2.24, 2.45) is 5.92 Å². The summed E-state index contributed by atoms with van der Waals surface area (Å²) in [7, 11) is 0. The fraction of sp³-hybridized carbons (Fsp3) is 0.357. The van der Waals surface area contributed by atoms with Gasteiger partial charge in [-0.2, -0.15) is 13.2 Å². The van der Waals surface area contributed by atoms with Crippen LogP contribution in [0.3, 0.4) is 0 Å². The average Bonchev–Trinajstić information content (AvgIpc) is 2.84.